The topological polar surface area (TPSA) is 64.1 Å². The van der Waals surface area contributed by atoms with Gasteiger partial charge in [0.25, 0.3) is 0 Å². The summed E-state index contributed by atoms with van der Waals surface area (Å²) in [7, 11) is 0. The number of hydrogen-bond donors (Lipinski definition) is 1. The van der Waals surface area contributed by atoms with Gasteiger partial charge in [-0.25, -0.2) is 0 Å². The molecule has 0 saturated heterocycles. The second-order valence-corrected chi connectivity index (χ2v) is 3.05. The Labute approximate surface area is 81.1 Å². The van der Waals surface area contributed by atoms with Gasteiger partial charge in [0.15, 0.2) is 0 Å². The van der Waals surface area contributed by atoms with E-state index in [0.29, 0.717) is 11.9 Å². The lowest BCUT2D eigenvalue weighted by Crippen LogP contribution is -2.05. The standard InChI is InChI=1S/C9H11N3O2/c1-6(8-3-4-13-5-8)10-9-12-11-7(2)14-9/h3-6H,1-2H3,(H,10,12). The van der Waals surface area contributed by atoms with Crippen molar-refractivity contribution >= 4 is 6.01 Å². The monoisotopic (exact) mass is 193 g/mol. The number of anilines is 1. The fourth-order valence-electron chi connectivity index (χ4n) is 1.14. The van der Waals surface area contributed by atoms with Crippen LogP contribution in [0.1, 0.15) is 24.4 Å². The lowest BCUT2D eigenvalue weighted by molar-refractivity contribution is 0.524. The molecule has 0 aromatic carbocycles. The van der Waals surface area contributed by atoms with Gasteiger partial charge in [-0.2, -0.15) is 0 Å². The highest BCUT2D eigenvalue weighted by Gasteiger charge is 2.09. The number of nitrogens with zero attached hydrogens (tertiary/aromatic N) is 2. The molecule has 0 aliphatic carbocycles. The quantitative estimate of drug-likeness (QED) is 0.809. The summed E-state index contributed by atoms with van der Waals surface area (Å²) in [6, 6.07) is 2.41. The summed E-state index contributed by atoms with van der Waals surface area (Å²) in [4.78, 5) is 0. The minimum atomic E-state index is 0.0913. The zero-order valence-corrected chi connectivity index (χ0v) is 8.02. The van der Waals surface area contributed by atoms with Crippen LogP contribution in [0.25, 0.3) is 0 Å². The normalized spacial score (nSPS) is 12.7. The van der Waals surface area contributed by atoms with Crippen LogP contribution < -0.4 is 5.32 Å². The Morgan fingerprint density at radius 1 is 1.43 bits per heavy atom. The maximum Gasteiger partial charge on any atom is 0.315 e. The Bertz CT molecular complexity index is 394. The van der Waals surface area contributed by atoms with Gasteiger partial charge in [-0.15, -0.1) is 5.10 Å². The number of hydrogen-bond acceptors (Lipinski definition) is 5. The fourth-order valence-corrected chi connectivity index (χ4v) is 1.14. The van der Waals surface area contributed by atoms with E-state index in [2.05, 4.69) is 15.5 Å². The lowest BCUT2D eigenvalue weighted by atomic mass is 10.2. The number of aromatic nitrogens is 2. The Morgan fingerprint density at radius 3 is 2.86 bits per heavy atom. The first kappa shape index (κ1) is 8.80. The molecule has 1 unspecified atom stereocenters. The molecule has 2 aromatic rings. The molecule has 14 heavy (non-hydrogen) atoms. The van der Waals surface area contributed by atoms with Crippen molar-refractivity contribution in [1.29, 1.82) is 0 Å². The third kappa shape index (κ3) is 1.76. The molecule has 2 heterocycles. The van der Waals surface area contributed by atoms with E-state index < -0.39 is 0 Å². The van der Waals surface area contributed by atoms with E-state index in [9.17, 15) is 0 Å². The molecule has 0 amide bonds. The van der Waals surface area contributed by atoms with Gasteiger partial charge >= 0.3 is 6.01 Å². The molecular formula is C9H11N3O2. The van der Waals surface area contributed by atoms with E-state index in [4.69, 9.17) is 8.83 Å². The molecule has 0 bridgehead atoms. The number of aryl methyl sites for hydroxylation is 1. The van der Waals surface area contributed by atoms with E-state index in [0.717, 1.165) is 5.56 Å². The van der Waals surface area contributed by atoms with Crippen LogP contribution in [0.15, 0.2) is 27.4 Å². The summed E-state index contributed by atoms with van der Waals surface area (Å²) in [5, 5.41) is 10.6. The van der Waals surface area contributed by atoms with Gasteiger partial charge < -0.3 is 14.2 Å². The molecule has 2 aromatic heterocycles. The smallest absolute Gasteiger partial charge is 0.315 e. The SMILES string of the molecule is Cc1nnc(NC(C)c2ccoc2)o1. The lowest BCUT2D eigenvalue weighted by Gasteiger charge is -2.08. The molecule has 0 saturated carbocycles. The van der Waals surface area contributed by atoms with Crippen molar-refractivity contribution < 1.29 is 8.83 Å². The van der Waals surface area contributed by atoms with E-state index in [1.165, 1.54) is 0 Å². The van der Waals surface area contributed by atoms with Crippen LogP contribution in [0.3, 0.4) is 0 Å². The maximum absolute atomic E-state index is 5.19. The van der Waals surface area contributed by atoms with Crippen molar-refractivity contribution in [2.75, 3.05) is 5.32 Å². The molecule has 2 rings (SSSR count). The Balaban J connectivity index is 2.05. The van der Waals surface area contributed by atoms with Crippen molar-refractivity contribution in [2.45, 2.75) is 19.9 Å². The molecule has 0 aliphatic heterocycles. The molecule has 1 atom stereocenters. The van der Waals surface area contributed by atoms with Crippen LogP contribution in [-0.4, -0.2) is 10.2 Å². The number of furan rings is 1. The van der Waals surface area contributed by atoms with Crippen LogP contribution in [0.4, 0.5) is 6.01 Å². The summed E-state index contributed by atoms with van der Waals surface area (Å²) in [5.41, 5.74) is 1.04. The predicted octanol–water partition coefficient (Wildman–Crippen LogP) is 2.14. The third-order valence-corrected chi connectivity index (χ3v) is 1.91. The third-order valence-electron chi connectivity index (χ3n) is 1.91. The predicted molar refractivity (Wildman–Crippen MR) is 49.8 cm³/mol. The Morgan fingerprint density at radius 2 is 2.29 bits per heavy atom. The Kier molecular flexibility index (Phi) is 2.22. The van der Waals surface area contributed by atoms with Crippen molar-refractivity contribution in [3.05, 3.63) is 30.0 Å². The van der Waals surface area contributed by atoms with Crippen LogP contribution in [0.2, 0.25) is 0 Å². The highest BCUT2D eigenvalue weighted by molar-refractivity contribution is 5.25. The number of rotatable bonds is 3. The molecule has 0 aliphatic rings. The molecule has 0 radical (unpaired) electrons. The Hall–Kier alpha value is -1.78. The van der Waals surface area contributed by atoms with Crippen LogP contribution >= 0.6 is 0 Å². The zero-order chi connectivity index (χ0) is 9.97. The molecule has 74 valence electrons. The first-order chi connectivity index (χ1) is 6.75. The highest BCUT2D eigenvalue weighted by Crippen LogP contribution is 2.17. The molecular weight excluding hydrogens is 182 g/mol. The number of nitrogens with one attached hydrogen (secondary N) is 1. The summed E-state index contributed by atoms with van der Waals surface area (Å²) in [6.07, 6.45) is 3.31. The van der Waals surface area contributed by atoms with E-state index >= 15 is 0 Å². The van der Waals surface area contributed by atoms with Gasteiger partial charge in [0.1, 0.15) is 0 Å². The maximum atomic E-state index is 5.19. The molecule has 0 fully saturated rings. The van der Waals surface area contributed by atoms with Gasteiger partial charge in [-0.05, 0) is 13.0 Å². The summed E-state index contributed by atoms with van der Waals surface area (Å²) in [5.74, 6) is 0.548. The van der Waals surface area contributed by atoms with Gasteiger partial charge in [0, 0.05) is 12.5 Å². The van der Waals surface area contributed by atoms with Gasteiger partial charge in [-0.1, -0.05) is 5.10 Å². The summed E-state index contributed by atoms with van der Waals surface area (Å²) in [6.45, 7) is 3.74. The average Bonchev–Trinajstić information content (AvgIpc) is 2.75. The van der Waals surface area contributed by atoms with Gasteiger partial charge in [-0.3, -0.25) is 0 Å². The van der Waals surface area contributed by atoms with Crippen LogP contribution in [0, 0.1) is 6.92 Å². The molecule has 5 heteroatoms. The molecule has 5 nitrogen and oxygen atoms in total. The van der Waals surface area contributed by atoms with Gasteiger partial charge in [0.2, 0.25) is 5.89 Å². The van der Waals surface area contributed by atoms with E-state index in [1.54, 1.807) is 19.5 Å². The minimum Gasteiger partial charge on any atom is -0.472 e. The molecule has 0 spiro atoms. The van der Waals surface area contributed by atoms with Crippen LogP contribution in [-0.2, 0) is 0 Å². The minimum absolute atomic E-state index is 0.0913. The van der Waals surface area contributed by atoms with E-state index in [1.807, 2.05) is 13.0 Å². The zero-order valence-electron chi connectivity index (χ0n) is 8.02. The first-order valence-corrected chi connectivity index (χ1v) is 4.34. The highest BCUT2D eigenvalue weighted by atomic mass is 16.4. The summed E-state index contributed by atoms with van der Waals surface area (Å²) < 4.78 is 10.2. The van der Waals surface area contributed by atoms with E-state index in [-0.39, 0.29) is 6.04 Å². The largest absolute Gasteiger partial charge is 0.472 e. The van der Waals surface area contributed by atoms with Crippen LogP contribution in [0.5, 0.6) is 0 Å². The van der Waals surface area contributed by atoms with Crippen molar-refractivity contribution in [3.63, 3.8) is 0 Å². The first-order valence-electron chi connectivity index (χ1n) is 4.34. The van der Waals surface area contributed by atoms with Crippen molar-refractivity contribution in [1.82, 2.24) is 10.2 Å². The fraction of sp³-hybridized carbons (Fsp3) is 0.333. The second kappa shape index (κ2) is 3.53. The average molecular weight is 193 g/mol. The van der Waals surface area contributed by atoms with Crippen molar-refractivity contribution in [2.24, 2.45) is 0 Å². The van der Waals surface area contributed by atoms with Gasteiger partial charge in [0.05, 0.1) is 18.6 Å². The second-order valence-electron chi connectivity index (χ2n) is 3.05. The molecule has 1 N–H and O–H groups in total. The summed E-state index contributed by atoms with van der Waals surface area (Å²) >= 11 is 0. The van der Waals surface area contributed by atoms with Crippen molar-refractivity contribution in [3.8, 4) is 0 Å².